The number of benzene rings is 2. The van der Waals surface area contributed by atoms with E-state index in [9.17, 15) is 5.26 Å². The Hall–Kier alpha value is -3.24. The van der Waals surface area contributed by atoms with Crippen LogP contribution in [0.25, 0.3) is 0 Å². The predicted molar refractivity (Wildman–Crippen MR) is 98.7 cm³/mol. The van der Waals surface area contributed by atoms with Crippen molar-refractivity contribution < 1.29 is 4.74 Å². The molecule has 2 aromatic carbocycles. The van der Waals surface area contributed by atoms with E-state index in [2.05, 4.69) is 12.1 Å². The molecule has 0 aliphatic carbocycles. The number of hydrogen-bond donors (Lipinski definition) is 0. The first-order valence-electron chi connectivity index (χ1n) is 8.16. The number of ether oxygens (including phenoxy) is 1. The van der Waals surface area contributed by atoms with Crippen LogP contribution in [0.4, 0.5) is 5.69 Å². The first-order valence-corrected chi connectivity index (χ1v) is 8.16. The van der Waals surface area contributed by atoms with Gasteiger partial charge in [0, 0.05) is 17.5 Å². The van der Waals surface area contributed by atoms with Gasteiger partial charge in [-0.3, -0.25) is 0 Å². The lowest BCUT2D eigenvalue weighted by Crippen LogP contribution is -2.17. The highest BCUT2D eigenvalue weighted by molar-refractivity contribution is 5.53. The van der Waals surface area contributed by atoms with Gasteiger partial charge in [-0.1, -0.05) is 44.2 Å². The first-order chi connectivity index (χ1) is 12.1. The Balaban J connectivity index is 2.10. The maximum absolute atomic E-state index is 9.23. The lowest BCUT2D eigenvalue weighted by molar-refractivity contribution is 0.306. The summed E-state index contributed by atoms with van der Waals surface area (Å²) in [4.78, 5) is 1.78. The molecule has 0 amide bonds. The summed E-state index contributed by atoms with van der Waals surface area (Å²) < 4.78 is 5.78. The van der Waals surface area contributed by atoms with E-state index in [0.717, 1.165) is 17.0 Å². The van der Waals surface area contributed by atoms with Gasteiger partial charge in [0.05, 0.1) is 12.1 Å². The van der Waals surface area contributed by atoms with Gasteiger partial charge < -0.3 is 9.64 Å². The Morgan fingerprint density at radius 3 is 2.32 bits per heavy atom. The van der Waals surface area contributed by atoms with Gasteiger partial charge in [-0.05, 0) is 35.7 Å². The van der Waals surface area contributed by atoms with Crippen LogP contribution in [0.1, 0.15) is 19.4 Å². The molecular weight excluding hydrogens is 310 g/mol. The van der Waals surface area contributed by atoms with E-state index in [-0.39, 0.29) is 12.5 Å². The van der Waals surface area contributed by atoms with Gasteiger partial charge in [0.15, 0.2) is 0 Å². The van der Waals surface area contributed by atoms with Crippen molar-refractivity contribution in [2.45, 2.75) is 20.5 Å². The maximum Gasteiger partial charge on any atom is 0.119 e. The van der Waals surface area contributed by atoms with Gasteiger partial charge in [0.2, 0.25) is 0 Å². The van der Waals surface area contributed by atoms with Crippen molar-refractivity contribution in [3.05, 3.63) is 71.9 Å². The second kappa shape index (κ2) is 9.15. The zero-order valence-electron chi connectivity index (χ0n) is 14.5. The van der Waals surface area contributed by atoms with Gasteiger partial charge >= 0.3 is 0 Å². The maximum atomic E-state index is 9.23. The third-order valence-electron chi connectivity index (χ3n) is 3.70. The summed E-state index contributed by atoms with van der Waals surface area (Å²) in [6, 6.07) is 21.8. The molecule has 0 aliphatic heterocycles. The smallest absolute Gasteiger partial charge is 0.119 e. The van der Waals surface area contributed by atoms with Crippen LogP contribution in [0.3, 0.4) is 0 Å². The molecule has 0 heterocycles. The molecule has 0 radical (unpaired) electrons. The Morgan fingerprint density at radius 1 is 1.08 bits per heavy atom. The summed E-state index contributed by atoms with van der Waals surface area (Å²) in [5, 5.41) is 18.3. The molecule has 0 fully saturated rings. The van der Waals surface area contributed by atoms with Gasteiger partial charge in [-0.15, -0.1) is 0 Å². The average molecular weight is 331 g/mol. The molecule has 0 saturated carbocycles. The zero-order valence-corrected chi connectivity index (χ0v) is 14.5. The lowest BCUT2D eigenvalue weighted by Gasteiger charge is -2.19. The molecule has 0 saturated heterocycles. The highest BCUT2D eigenvalue weighted by Crippen LogP contribution is 2.22. The number of rotatable bonds is 7. The SMILES string of the molecule is CC(C)C(C#N)=CN(CC#N)c1ccc(OCc2ccccc2)cc1. The molecule has 0 spiro atoms. The Labute approximate surface area is 149 Å². The highest BCUT2D eigenvalue weighted by atomic mass is 16.5. The third kappa shape index (κ3) is 5.41. The summed E-state index contributed by atoms with van der Waals surface area (Å²) in [6.45, 7) is 4.61. The van der Waals surface area contributed by atoms with E-state index in [1.165, 1.54) is 0 Å². The Kier molecular flexibility index (Phi) is 6.63. The summed E-state index contributed by atoms with van der Waals surface area (Å²) in [5.41, 5.74) is 2.60. The number of hydrogen-bond acceptors (Lipinski definition) is 4. The van der Waals surface area contributed by atoms with Crippen LogP contribution in [0.2, 0.25) is 0 Å². The predicted octanol–water partition coefficient (Wildman–Crippen LogP) is 4.66. The lowest BCUT2D eigenvalue weighted by atomic mass is 10.1. The van der Waals surface area contributed by atoms with E-state index >= 15 is 0 Å². The average Bonchev–Trinajstić information content (AvgIpc) is 2.64. The molecule has 25 heavy (non-hydrogen) atoms. The molecule has 0 unspecified atom stereocenters. The Morgan fingerprint density at radius 2 is 1.76 bits per heavy atom. The van der Waals surface area contributed by atoms with Crippen LogP contribution in [0, 0.1) is 28.6 Å². The van der Waals surface area contributed by atoms with Crippen LogP contribution >= 0.6 is 0 Å². The van der Waals surface area contributed by atoms with Crippen LogP contribution in [-0.2, 0) is 6.61 Å². The van der Waals surface area contributed by atoms with Crippen molar-refractivity contribution in [1.82, 2.24) is 0 Å². The van der Waals surface area contributed by atoms with Crippen LogP contribution < -0.4 is 9.64 Å². The van der Waals surface area contributed by atoms with Crippen molar-refractivity contribution in [1.29, 1.82) is 10.5 Å². The number of anilines is 1. The van der Waals surface area contributed by atoms with Gasteiger partial charge in [0.1, 0.15) is 18.9 Å². The molecule has 0 aliphatic rings. The number of nitriles is 2. The molecular formula is C21H21N3O. The van der Waals surface area contributed by atoms with E-state index < -0.39 is 0 Å². The molecule has 0 aromatic heterocycles. The molecule has 4 nitrogen and oxygen atoms in total. The van der Waals surface area contributed by atoms with Gasteiger partial charge in [-0.25, -0.2) is 0 Å². The molecule has 0 atom stereocenters. The van der Waals surface area contributed by atoms with Gasteiger partial charge in [0.25, 0.3) is 0 Å². The highest BCUT2D eigenvalue weighted by Gasteiger charge is 2.08. The molecule has 2 rings (SSSR count). The molecule has 0 N–H and O–H groups in total. The van der Waals surface area contributed by atoms with Crippen LogP contribution in [-0.4, -0.2) is 6.54 Å². The minimum atomic E-state index is 0.111. The Bertz CT molecular complexity index is 781. The second-order valence-corrected chi connectivity index (χ2v) is 5.91. The largest absolute Gasteiger partial charge is 0.489 e. The number of allylic oxidation sites excluding steroid dienone is 1. The van der Waals surface area contributed by atoms with Gasteiger partial charge in [-0.2, -0.15) is 10.5 Å². The van der Waals surface area contributed by atoms with Crippen LogP contribution in [0.15, 0.2) is 66.4 Å². The monoisotopic (exact) mass is 331 g/mol. The van der Waals surface area contributed by atoms with E-state index in [1.54, 1.807) is 11.1 Å². The van der Waals surface area contributed by atoms with Crippen molar-refractivity contribution in [2.24, 2.45) is 5.92 Å². The standard InChI is InChI=1S/C21H21N3O/c1-17(2)19(14-23)15-24(13-12-22)20-8-10-21(11-9-20)25-16-18-6-4-3-5-7-18/h3-11,15,17H,13,16H2,1-2H3. The minimum Gasteiger partial charge on any atom is -0.489 e. The molecule has 4 heteroatoms. The topological polar surface area (TPSA) is 60.0 Å². The van der Waals surface area contributed by atoms with E-state index in [1.807, 2.05) is 68.4 Å². The second-order valence-electron chi connectivity index (χ2n) is 5.91. The molecule has 0 bridgehead atoms. The summed E-state index contributed by atoms with van der Waals surface area (Å²) in [6.07, 6.45) is 1.74. The third-order valence-corrected chi connectivity index (χ3v) is 3.70. The fraction of sp³-hybridized carbons (Fsp3) is 0.238. The number of nitrogens with zero attached hydrogens (tertiary/aromatic N) is 3. The first kappa shape index (κ1) is 18.1. The van der Waals surface area contributed by atoms with Crippen molar-refractivity contribution in [3.63, 3.8) is 0 Å². The summed E-state index contributed by atoms with van der Waals surface area (Å²) in [5.74, 6) is 0.873. The quantitative estimate of drug-likeness (QED) is 0.547. The van der Waals surface area contributed by atoms with Crippen LogP contribution in [0.5, 0.6) is 5.75 Å². The van der Waals surface area contributed by atoms with E-state index in [4.69, 9.17) is 10.00 Å². The van der Waals surface area contributed by atoms with E-state index in [0.29, 0.717) is 12.2 Å². The van der Waals surface area contributed by atoms with Crippen molar-refractivity contribution >= 4 is 5.69 Å². The summed E-state index contributed by atoms with van der Waals surface area (Å²) in [7, 11) is 0. The molecule has 2 aromatic rings. The summed E-state index contributed by atoms with van der Waals surface area (Å²) >= 11 is 0. The normalized spacial score (nSPS) is 10.8. The fourth-order valence-corrected chi connectivity index (χ4v) is 2.24. The fourth-order valence-electron chi connectivity index (χ4n) is 2.24. The minimum absolute atomic E-state index is 0.111. The van der Waals surface area contributed by atoms with Crippen molar-refractivity contribution in [2.75, 3.05) is 11.4 Å². The zero-order chi connectivity index (χ0) is 18.1. The molecule has 126 valence electrons. The van der Waals surface area contributed by atoms with Crippen molar-refractivity contribution in [3.8, 4) is 17.9 Å².